The Hall–Kier alpha value is -2.87. The molecule has 0 atom stereocenters. The fourth-order valence-electron chi connectivity index (χ4n) is 3.32. The van der Waals surface area contributed by atoms with Crippen molar-refractivity contribution in [1.29, 1.82) is 0 Å². The normalized spacial score (nSPS) is 14.0. The number of morpholine rings is 1. The molecule has 1 aliphatic rings. The number of benzene rings is 2. The van der Waals surface area contributed by atoms with E-state index in [0.717, 1.165) is 42.0 Å². The van der Waals surface area contributed by atoms with Gasteiger partial charge in [0.1, 0.15) is 10.9 Å². The molecule has 0 spiro atoms. The van der Waals surface area contributed by atoms with Crippen LogP contribution in [0.4, 0.5) is 11.4 Å². The average Bonchev–Trinajstić information content (AvgIpc) is 2.82. The lowest BCUT2D eigenvalue weighted by molar-refractivity contribution is -0.111. The summed E-state index contributed by atoms with van der Waals surface area (Å²) >= 11 is 6.97. The summed E-state index contributed by atoms with van der Waals surface area (Å²) in [6, 6.07) is 18.1. The van der Waals surface area contributed by atoms with Gasteiger partial charge in [0.05, 0.1) is 13.2 Å². The van der Waals surface area contributed by atoms with E-state index in [9.17, 15) is 4.79 Å². The highest BCUT2D eigenvalue weighted by Gasteiger charge is 2.11. The number of hydrogen-bond acceptors (Lipinski definition) is 6. The third-order valence-corrected chi connectivity index (χ3v) is 5.98. The fourth-order valence-corrected chi connectivity index (χ4v) is 4.23. The van der Waals surface area contributed by atoms with E-state index in [0.29, 0.717) is 12.1 Å². The van der Waals surface area contributed by atoms with Crippen molar-refractivity contribution in [3.63, 3.8) is 0 Å². The molecule has 0 unspecified atom stereocenters. The Kier molecular flexibility index (Phi) is 7.77. The lowest BCUT2D eigenvalue weighted by Crippen LogP contribution is -2.36. The number of anilines is 2. The van der Waals surface area contributed by atoms with Crippen LogP contribution in [-0.4, -0.2) is 42.2 Å². The number of ether oxygens (including phenoxy) is 1. The molecule has 0 saturated carbocycles. The summed E-state index contributed by atoms with van der Waals surface area (Å²) < 4.78 is 5.42. The molecule has 0 aliphatic carbocycles. The molecule has 1 N–H and O–H groups in total. The summed E-state index contributed by atoms with van der Waals surface area (Å²) in [4.78, 5) is 24.1. The smallest absolute Gasteiger partial charge is 0.249 e. The number of aromatic nitrogens is 2. The maximum Gasteiger partial charge on any atom is 0.249 e. The lowest BCUT2D eigenvalue weighted by atomic mass is 10.1. The first-order valence-corrected chi connectivity index (χ1v) is 11.5. The van der Waals surface area contributed by atoms with Crippen molar-refractivity contribution in [1.82, 2.24) is 9.97 Å². The largest absolute Gasteiger partial charge is 0.378 e. The first kappa shape index (κ1) is 22.3. The monoisotopic (exact) mass is 466 g/mol. The van der Waals surface area contributed by atoms with Gasteiger partial charge < -0.3 is 15.0 Å². The molecule has 2 heterocycles. The molecular weight excluding hydrogens is 444 g/mol. The van der Waals surface area contributed by atoms with Gasteiger partial charge in [-0.25, -0.2) is 9.97 Å². The van der Waals surface area contributed by atoms with Crippen LogP contribution in [0.5, 0.6) is 0 Å². The van der Waals surface area contributed by atoms with Crippen LogP contribution in [0.1, 0.15) is 11.4 Å². The van der Waals surface area contributed by atoms with Crippen molar-refractivity contribution < 1.29 is 9.53 Å². The molecule has 164 valence electrons. The van der Waals surface area contributed by atoms with E-state index in [4.69, 9.17) is 21.3 Å². The number of amides is 1. The topological polar surface area (TPSA) is 67.4 Å². The van der Waals surface area contributed by atoms with Crippen LogP contribution < -0.4 is 10.2 Å². The van der Waals surface area contributed by atoms with Gasteiger partial charge in [-0.05, 0) is 48.0 Å². The quantitative estimate of drug-likeness (QED) is 0.400. The Balaban J connectivity index is 1.36. The minimum absolute atomic E-state index is 0.265. The van der Waals surface area contributed by atoms with E-state index >= 15 is 0 Å². The molecule has 8 heteroatoms. The summed E-state index contributed by atoms with van der Waals surface area (Å²) in [6.07, 6.45) is 3.74. The molecule has 3 aromatic rings. The van der Waals surface area contributed by atoms with E-state index in [1.165, 1.54) is 22.9 Å². The molecule has 1 aromatic heterocycles. The third-order valence-electron chi connectivity index (χ3n) is 4.91. The minimum Gasteiger partial charge on any atom is -0.378 e. The summed E-state index contributed by atoms with van der Waals surface area (Å²) in [5.41, 5.74) is 4.29. The van der Waals surface area contributed by atoms with Gasteiger partial charge in [0.2, 0.25) is 5.91 Å². The average molecular weight is 467 g/mol. The van der Waals surface area contributed by atoms with Crippen LogP contribution in [0.2, 0.25) is 0 Å². The number of nitrogens with zero attached hydrogens (tertiary/aromatic N) is 3. The van der Waals surface area contributed by atoms with Crippen LogP contribution in [0.3, 0.4) is 0 Å². The summed E-state index contributed by atoms with van der Waals surface area (Å²) in [5, 5.41) is 3.62. The summed E-state index contributed by atoms with van der Waals surface area (Å²) in [7, 11) is 0. The molecule has 4 rings (SSSR count). The van der Waals surface area contributed by atoms with Gasteiger partial charge in [-0.15, -0.1) is 0 Å². The molecular formula is C24H23ClN4O2S. The second-order valence-corrected chi connectivity index (χ2v) is 8.51. The SMILES string of the molecule is O=C(/C=C\Cl)Nc1ccc(Sc2ccnc(Cc3ccc(N4CCOCC4)cc3)n2)cc1. The Morgan fingerprint density at radius 3 is 2.56 bits per heavy atom. The van der Waals surface area contributed by atoms with Crippen LogP contribution in [0, 0.1) is 0 Å². The van der Waals surface area contributed by atoms with Gasteiger partial charge in [0, 0.05) is 53.6 Å². The Morgan fingerprint density at radius 1 is 1.09 bits per heavy atom. The van der Waals surface area contributed by atoms with Crippen molar-refractivity contribution >= 4 is 40.6 Å². The van der Waals surface area contributed by atoms with Crippen LogP contribution in [-0.2, 0) is 16.0 Å². The van der Waals surface area contributed by atoms with Crippen LogP contribution in [0.15, 0.2) is 82.3 Å². The van der Waals surface area contributed by atoms with Crippen molar-refractivity contribution in [2.24, 2.45) is 0 Å². The van der Waals surface area contributed by atoms with E-state index in [2.05, 4.69) is 39.5 Å². The number of nitrogens with one attached hydrogen (secondary N) is 1. The maximum atomic E-state index is 11.6. The first-order chi connectivity index (χ1) is 15.7. The zero-order valence-corrected chi connectivity index (χ0v) is 19.0. The van der Waals surface area contributed by atoms with E-state index in [-0.39, 0.29) is 5.91 Å². The van der Waals surface area contributed by atoms with Crippen molar-refractivity contribution in [3.8, 4) is 0 Å². The van der Waals surface area contributed by atoms with Gasteiger partial charge in [-0.2, -0.15) is 0 Å². The second-order valence-electron chi connectivity index (χ2n) is 7.16. The highest BCUT2D eigenvalue weighted by atomic mass is 35.5. The fraction of sp³-hybridized carbons (Fsp3) is 0.208. The Labute approximate surface area is 196 Å². The van der Waals surface area contributed by atoms with E-state index < -0.39 is 0 Å². The van der Waals surface area contributed by atoms with Gasteiger partial charge in [-0.1, -0.05) is 35.5 Å². The van der Waals surface area contributed by atoms with Crippen molar-refractivity contribution in [3.05, 3.63) is 83.8 Å². The molecule has 1 amide bonds. The van der Waals surface area contributed by atoms with Crippen LogP contribution >= 0.6 is 23.4 Å². The highest BCUT2D eigenvalue weighted by Crippen LogP contribution is 2.27. The third kappa shape index (κ3) is 6.32. The van der Waals surface area contributed by atoms with E-state index in [1.54, 1.807) is 18.0 Å². The minimum atomic E-state index is -0.265. The maximum absolute atomic E-state index is 11.6. The molecule has 0 bridgehead atoms. The molecule has 6 nitrogen and oxygen atoms in total. The standard InChI is InChI=1S/C24H23ClN4O2S/c25-11-9-23(30)27-19-3-7-21(8-4-19)32-24-10-12-26-22(28-24)17-18-1-5-20(6-2-18)29-13-15-31-16-14-29/h1-12H,13-17H2,(H,27,30)/b11-9-. The molecule has 32 heavy (non-hydrogen) atoms. The number of hydrogen-bond donors (Lipinski definition) is 1. The zero-order chi connectivity index (χ0) is 22.2. The number of carbonyl (C=O) groups is 1. The van der Waals surface area contributed by atoms with Crippen molar-refractivity contribution in [2.75, 3.05) is 36.5 Å². The molecule has 1 saturated heterocycles. The molecule has 0 radical (unpaired) electrons. The Bertz CT molecular complexity index is 1070. The molecule has 1 aliphatic heterocycles. The number of halogens is 1. The van der Waals surface area contributed by atoms with Gasteiger partial charge in [0.15, 0.2) is 0 Å². The summed E-state index contributed by atoms with van der Waals surface area (Å²) in [5.74, 6) is 0.518. The first-order valence-electron chi connectivity index (χ1n) is 10.3. The van der Waals surface area contributed by atoms with Gasteiger partial charge >= 0.3 is 0 Å². The van der Waals surface area contributed by atoms with Gasteiger partial charge in [0.25, 0.3) is 0 Å². The molecule has 1 fully saturated rings. The number of rotatable bonds is 7. The predicted molar refractivity (Wildman–Crippen MR) is 128 cm³/mol. The zero-order valence-electron chi connectivity index (χ0n) is 17.4. The second kappa shape index (κ2) is 11.1. The molecule has 2 aromatic carbocycles. The van der Waals surface area contributed by atoms with Gasteiger partial charge in [-0.3, -0.25) is 4.79 Å². The predicted octanol–water partition coefficient (Wildman–Crippen LogP) is 4.75. The van der Waals surface area contributed by atoms with Crippen molar-refractivity contribution in [2.45, 2.75) is 16.3 Å². The summed E-state index contributed by atoms with van der Waals surface area (Å²) in [6.45, 7) is 3.42. The highest BCUT2D eigenvalue weighted by molar-refractivity contribution is 7.99. The van der Waals surface area contributed by atoms with Crippen LogP contribution in [0.25, 0.3) is 0 Å². The Morgan fingerprint density at radius 2 is 1.84 bits per heavy atom. The van der Waals surface area contributed by atoms with E-state index in [1.807, 2.05) is 30.3 Å². The number of carbonyl (C=O) groups excluding carboxylic acids is 1. The lowest BCUT2D eigenvalue weighted by Gasteiger charge is -2.28.